The maximum atomic E-state index is 13.0. The largest absolute Gasteiger partial charge is 0.485 e. The predicted molar refractivity (Wildman–Crippen MR) is 118 cm³/mol. The Kier molecular flexibility index (Phi) is 6.62. The van der Waals surface area contributed by atoms with E-state index in [2.05, 4.69) is 0 Å². The smallest absolute Gasteiger partial charge is 0.265 e. The molecular formula is C23H23ClN2O6. The van der Waals surface area contributed by atoms with Gasteiger partial charge in [-0.15, -0.1) is 0 Å². The Hall–Kier alpha value is -3.10. The highest BCUT2D eigenvalue weighted by Crippen LogP contribution is 2.35. The van der Waals surface area contributed by atoms with E-state index in [0.717, 1.165) is 0 Å². The molecule has 2 heterocycles. The molecule has 1 fully saturated rings. The van der Waals surface area contributed by atoms with Crippen molar-refractivity contribution in [3.8, 4) is 11.5 Å². The first-order chi connectivity index (χ1) is 15.4. The first-order valence-corrected chi connectivity index (χ1v) is 10.7. The molecule has 2 aromatic rings. The van der Waals surface area contributed by atoms with Crippen molar-refractivity contribution in [1.29, 1.82) is 0 Å². The zero-order chi connectivity index (χ0) is 22.7. The minimum atomic E-state index is -0.740. The van der Waals surface area contributed by atoms with Crippen molar-refractivity contribution in [1.82, 2.24) is 4.90 Å². The number of hydrogen-bond donors (Lipinski definition) is 0. The fourth-order valence-corrected chi connectivity index (χ4v) is 3.90. The Morgan fingerprint density at radius 2 is 1.94 bits per heavy atom. The summed E-state index contributed by atoms with van der Waals surface area (Å²) in [5, 5.41) is 0.508. The second-order valence-electron chi connectivity index (χ2n) is 7.52. The summed E-state index contributed by atoms with van der Waals surface area (Å²) in [7, 11) is 0. The molecule has 0 aliphatic carbocycles. The number of ketones is 1. The number of nitrogens with zero attached hydrogens (tertiary/aromatic N) is 2. The van der Waals surface area contributed by atoms with Gasteiger partial charge in [0.05, 0.1) is 18.9 Å². The Bertz CT molecular complexity index is 1040. The Morgan fingerprint density at radius 1 is 1.16 bits per heavy atom. The summed E-state index contributed by atoms with van der Waals surface area (Å²) in [6.07, 6.45) is 0. The number of anilines is 1. The molecule has 1 atom stereocenters. The average Bonchev–Trinajstić information content (AvgIpc) is 2.82. The van der Waals surface area contributed by atoms with E-state index < -0.39 is 6.04 Å². The summed E-state index contributed by atoms with van der Waals surface area (Å²) in [5.74, 6) is 0.132. The van der Waals surface area contributed by atoms with Gasteiger partial charge >= 0.3 is 0 Å². The predicted octanol–water partition coefficient (Wildman–Crippen LogP) is 2.57. The van der Waals surface area contributed by atoms with Gasteiger partial charge in [-0.25, -0.2) is 0 Å². The van der Waals surface area contributed by atoms with Crippen molar-refractivity contribution in [2.24, 2.45) is 0 Å². The third-order valence-corrected chi connectivity index (χ3v) is 5.63. The SMILES string of the molecule is C[C@@H](C(=O)N1CCOCC1)N1C(=O)COc2ccc(C(=O)COc3cccc(Cl)c3)cc21. The van der Waals surface area contributed by atoms with Crippen LogP contribution < -0.4 is 14.4 Å². The van der Waals surface area contributed by atoms with E-state index in [-0.39, 0.29) is 30.8 Å². The van der Waals surface area contributed by atoms with Gasteiger partial charge in [0.2, 0.25) is 5.91 Å². The topological polar surface area (TPSA) is 85.4 Å². The summed E-state index contributed by atoms with van der Waals surface area (Å²) < 4.78 is 16.4. The van der Waals surface area contributed by atoms with Gasteiger partial charge in [-0.2, -0.15) is 0 Å². The monoisotopic (exact) mass is 458 g/mol. The van der Waals surface area contributed by atoms with Crippen molar-refractivity contribution in [3.05, 3.63) is 53.1 Å². The molecule has 0 N–H and O–H groups in total. The van der Waals surface area contributed by atoms with Gasteiger partial charge in [-0.3, -0.25) is 19.3 Å². The van der Waals surface area contributed by atoms with Gasteiger partial charge in [0.15, 0.2) is 19.0 Å². The summed E-state index contributed by atoms with van der Waals surface area (Å²) in [6, 6.07) is 10.8. The van der Waals surface area contributed by atoms with Gasteiger partial charge in [0.25, 0.3) is 5.91 Å². The molecule has 2 amide bonds. The lowest BCUT2D eigenvalue weighted by Gasteiger charge is -2.37. The average molecular weight is 459 g/mol. The molecule has 0 radical (unpaired) electrons. The molecule has 0 aromatic heterocycles. The van der Waals surface area contributed by atoms with Crippen LogP contribution in [0.15, 0.2) is 42.5 Å². The van der Waals surface area contributed by atoms with Crippen LogP contribution in [0, 0.1) is 0 Å². The van der Waals surface area contributed by atoms with Crippen LogP contribution in [0.3, 0.4) is 0 Å². The van der Waals surface area contributed by atoms with Gasteiger partial charge < -0.3 is 19.1 Å². The number of rotatable bonds is 6. The first-order valence-electron chi connectivity index (χ1n) is 10.3. The van der Waals surface area contributed by atoms with Crippen LogP contribution in [0.1, 0.15) is 17.3 Å². The Labute approximate surface area is 190 Å². The van der Waals surface area contributed by atoms with E-state index in [4.69, 9.17) is 25.8 Å². The van der Waals surface area contributed by atoms with Gasteiger partial charge in [-0.1, -0.05) is 17.7 Å². The molecule has 2 aromatic carbocycles. The molecular weight excluding hydrogens is 436 g/mol. The second kappa shape index (κ2) is 9.58. The molecule has 0 unspecified atom stereocenters. The number of fused-ring (bicyclic) bond motifs is 1. The van der Waals surface area contributed by atoms with Crippen molar-refractivity contribution >= 4 is 34.9 Å². The lowest BCUT2D eigenvalue weighted by atomic mass is 10.1. The number of hydrogen-bond acceptors (Lipinski definition) is 6. The molecule has 0 bridgehead atoms. The molecule has 2 aliphatic heterocycles. The van der Waals surface area contributed by atoms with E-state index >= 15 is 0 Å². The first kappa shape index (κ1) is 22.1. The number of amides is 2. The molecule has 168 valence electrons. The van der Waals surface area contributed by atoms with Crippen molar-refractivity contribution in [2.45, 2.75) is 13.0 Å². The second-order valence-corrected chi connectivity index (χ2v) is 7.95. The number of morpholine rings is 1. The third-order valence-electron chi connectivity index (χ3n) is 5.39. The van der Waals surface area contributed by atoms with Crippen LogP contribution in [0.4, 0.5) is 5.69 Å². The minimum absolute atomic E-state index is 0.168. The normalized spacial score (nSPS) is 16.8. The van der Waals surface area contributed by atoms with Gasteiger partial charge in [-0.05, 0) is 43.3 Å². The lowest BCUT2D eigenvalue weighted by molar-refractivity contribution is -0.138. The van der Waals surface area contributed by atoms with E-state index in [0.29, 0.717) is 54.1 Å². The van der Waals surface area contributed by atoms with Crippen LogP contribution in [-0.2, 0) is 14.3 Å². The quantitative estimate of drug-likeness (QED) is 0.618. The van der Waals surface area contributed by atoms with E-state index in [9.17, 15) is 14.4 Å². The molecule has 1 saturated heterocycles. The molecule has 2 aliphatic rings. The minimum Gasteiger partial charge on any atom is -0.485 e. The van der Waals surface area contributed by atoms with E-state index in [1.54, 1.807) is 54.3 Å². The summed E-state index contributed by atoms with van der Waals surface area (Å²) >= 11 is 5.94. The Balaban J connectivity index is 1.53. The lowest BCUT2D eigenvalue weighted by Crippen LogP contribution is -2.54. The molecule has 8 nitrogen and oxygen atoms in total. The summed E-state index contributed by atoms with van der Waals surface area (Å²) in [4.78, 5) is 41.5. The summed E-state index contributed by atoms with van der Waals surface area (Å²) in [5.41, 5.74) is 0.740. The van der Waals surface area contributed by atoms with Gasteiger partial charge in [0.1, 0.15) is 17.5 Å². The highest BCUT2D eigenvalue weighted by atomic mass is 35.5. The van der Waals surface area contributed by atoms with Crippen LogP contribution in [-0.4, -0.2) is 68.1 Å². The number of Topliss-reactive ketones (excluding diaryl/α,β-unsaturated/α-hetero) is 1. The number of ether oxygens (including phenoxy) is 3. The zero-order valence-corrected chi connectivity index (χ0v) is 18.3. The maximum Gasteiger partial charge on any atom is 0.265 e. The third kappa shape index (κ3) is 4.71. The maximum absolute atomic E-state index is 13.0. The fourth-order valence-electron chi connectivity index (χ4n) is 3.72. The number of carbonyl (C=O) groups is 3. The Morgan fingerprint density at radius 3 is 2.69 bits per heavy atom. The van der Waals surface area contributed by atoms with Crippen molar-refractivity contribution in [2.75, 3.05) is 44.4 Å². The standard InChI is InChI=1S/C23H23ClN2O6/c1-15(23(29)25-7-9-30-10-8-25)26-19-11-16(5-6-21(19)32-14-22(26)28)20(27)13-31-18-4-2-3-17(24)12-18/h2-6,11-12,15H,7-10,13-14H2,1H3/t15-/m0/s1. The zero-order valence-electron chi connectivity index (χ0n) is 17.6. The van der Waals surface area contributed by atoms with Crippen LogP contribution in [0.25, 0.3) is 0 Å². The van der Waals surface area contributed by atoms with Gasteiger partial charge in [0, 0.05) is 23.7 Å². The van der Waals surface area contributed by atoms with Crippen LogP contribution in [0.5, 0.6) is 11.5 Å². The number of carbonyl (C=O) groups excluding carboxylic acids is 3. The number of halogens is 1. The summed E-state index contributed by atoms with van der Waals surface area (Å²) in [6.45, 7) is 3.22. The van der Waals surface area contributed by atoms with Crippen molar-refractivity contribution < 1.29 is 28.6 Å². The highest BCUT2D eigenvalue weighted by Gasteiger charge is 2.36. The van der Waals surface area contributed by atoms with Crippen LogP contribution in [0.2, 0.25) is 5.02 Å². The highest BCUT2D eigenvalue weighted by molar-refractivity contribution is 6.30. The van der Waals surface area contributed by atoms with Crippen molar-refractivity contribution in [3.63, 3.8) is 0 Å². The molecule has 0 saturated carbocycles. The molecule has 9 heteroatoms. The molecule has 32 heavy (non-hydrogen) atoms. The molecule has 0 spiro atoms. The van der Waals surface area contributed by atoms with Crippen LogP contribution >= 0.6 is 11.6 Å². The molecule has 4 rings (SSSR count). The van der Waals surface area contributed by atoms with E-state index in [1.807, 2.05) is 0 Å². The fraction of sp³-hybridized carbons (Fsp3) is 0.348. The number of benzene rings is 2. The van der Waals surface area contributed by atoms with E-state index in [1.165, 1.54) is 4.90 Å².